The van der Waals surface area contributed by atoms with Crippen molar-refractivity contribution in [3.8, 4) is 5.75 Å². The van der Waals surface area contributed by atoms with E-state index in [0.717, 1.165) is 23.9 Å². The minimum atomic E-state index is 0.690. The minimum Gasteiger partial charge on any atom is -0.496 e. The summed E-state index contributed by atoms with van der Waals surface area (Å²) in [5.74, 6) is 1.79. The number of benzene rings is 1. The summed E-state index contributed by atoms with van der Waals surface area (Å²) in [6.07, 6.45) is 5.35. The van der Waals surface area contributed by atoms with Crippen LogP contribution in [0.25, 0.3) is 0 Å². The SMILES string of the molecule is COc1ccc(N)cc1CN(C)C1CCCC(C)C1. The van der Waals surface area contributed by atoms with Gasteiger partial charge in [-0.15, -0.1) is 0 Å². The Morgan fingerprint density at radius 2 is 2.16 bits per heavy atom. The van der Waals surface area contributed by atoms with Crippen LogP contribution in [0, 0.1) is 5.92 Å². The number of hydrogen-bond donors (Lipinski definition) is 1. The maximum Gasteiger partial charge on any atom is 0.123 e. The van der Waals surface area contributed by atoms with E-state index in [0.29, 0.717) is 6.04 Å². The van der Waals surface area contributed by atoms with E-state index < -0.39 is 0 Å². The Balaban J connectivity index is 2.05. The zero-order chi connectivity index (χ0) is 13.8. The lowest BCUT2D eigenvalue weighted by Gasteiger charge is -2.34. The molecule has 0 bridgehead atoms. The smallest absolute Gasteiger partial charge is 0.123 e. The fraction of sp³-hybridized carbons (Fsp3) is 0.625. The van der Waals surface area contributed by atoms with E-state index in [4.69, 9.17) is 10.5 Å². The van der Waals surface area contributed by atoms with Crippen LogP contribution in [0.5, 0.6) is 5.75 Å². The highest BCUT2D eigenvalue weighted by atomic mass is 16.5. The van der Waals surface area contributed by atoms with Crippen LogP contribution in [0.15, 0.2) is 18.2 Å². The number of ether oxygens (including phenoxy) is 1. The van der Waals surface area contributed by atoms with Crippen LogP contribution in [0.2, 0.25) is 0 Å². The Morgan fingerprint density at radius 1 is 1.37 bits per heavy atom. The Bertz CT molecular complexity index is 419. The summed E-state index contributed by atoms with van der Waals surface area (Å²) in [6, 6.07) is 6.57. The fourth-order valence-corrected chi connectivity index (χ4v) is 3.12. The number of methoxy groups -OCH3 is 1. The first-order valence-electron chi connectivity index (χ1n) is 7.22. The maximum atomic E-state index is 5.88. The van der Waals surface area contributed by atoms with Crippen molar-refractivity contribution in [3.63, 3.8) is 0 Å². The van der Waals surface area contributed by atoms with Gasteiger partial charge in [0.05, 0.1) is 7.11 Å². The topological polar surface area (TPSA) is 38.5 Å². The highest BCUT2D eigenvalue weighted by Crippen LogP contribution is 2.29. The van der Waals surface area contributed by atoms with Gasteiger partial charge in [0.2, 0.25) is 0 Å². The summed E-state index contributed by atoms with van der Waals surface area (Å²) in [7, 11) is 3.93. The summed E-state index contributed by atoms with van der Waals surface area (Å²) in [6.45, 7) is 3.27. The molecule has 3 nitrogen and oxygen atoms in total. The highest BCUT2D eigenvalue weighted by Gasteiger charge is 2.22. The van der Waals surface area contributed by atoms with Crippen LogP contribution in [0.4, 0.5) is 5.69 Å². The molecule has 1 aromatic carbocycles. The molecule has 3 heteroatoms. The average Bonchev–Trinajstić information content (AvgIpc) is 2.39. The van der Waals surface area contributed by atoms with Crippen molar-refractivity contribution in [2.45, 2.75) is 45.2 Å². The summed E-state index contributed by atoms with van der Waals surface area (Å²) < 4.78 is 5.43. The van der Waals surface area contributed by atoms with E-state index in [-0.39, 0.29) is 0 Å². The molecule has 0 amide bonds. The van der Waals surface area contributed by atoms with Crippen LogP contribution >= 0.6 is 0 Å². The van der Waals surface area contributed by atoms with E-state index in [1.807, 2.05) is 18.2 Å². The monoisotopic (exact) mass is 262 g/mol. The summed E-state index contributed by atoms with van der Waals surface area (Å²) in [5, 5.41) is 0. The molecular formula is C16H26N2O. The molecule has 106 valence electrons. The Morgan fingerprint density at radius 3 is 2.84 bits per heavy atom. The van der Waals surface area contributed by atoms with Crippen LogP contribution in [0.1, 0.15) is 38.2 Å². The van der Waals surface area contributed by atoms with Crippen LogP contribution in [0.3, 0.4) is 0 Å². The molecule has 1 aliphatic rings. The molecule has 2 unspecified atom stereocenters. The number of anilines is 1. The van der Waals surface area contributed by atoms with Crippen molar-refractivity contribution >= 4 is 5.69 Å². The van der Waals surface area contributed by atoms with Crippen molar-refractivity contribution < 1.29 is 4.74 Å². The van der Waals surface area contributed by atoms with E-state index in [2.05, 4.69) is 18.9 Å². The van der Waals surface area contributed by atoms with Crippen LogP contribution < -0.4 is 10.5 Å². The van der Waals surface area contributed by atoms with Crippen molar-refractivity contribution in [1.82, 2.24) is 4.90 Å². The molecule has 0 radical (unpaired) electrons. The molecule has 1 fully saturated rings. The number of nitrogens with zero attached hydrogens (tertiary/aromatic N) is 1. The van der Waals surface area contributed by atoms with E-state index >= 15 is 0 Å². The third kappa shape index (κ3) is 3.63. The van der Waals surface area contributed by atoms with Gasteiger partial charge >= 0.3 is 0 Å². The van der Waals surface area contributed by atoms with Crippen molar-refractivity contribution in [3.05, 3.63) is 23.8 Å². The molecule has 0 aliphatic heterocycles. The Hall–Kier alpha value is -1.22. The molecule has 19 heavy (non-hydrogen) atoms. The molecule has 0 spiro atoms. The number of nitrogens with two attached hydrogens (primary N) is 1. The molecule has 2 atom stereocenters. The first kappa shape index (κ1) is 14.2. The molecule has 2 rings (SSSR count). The Kier molecular flexibility index (Phi) is 4.70. The lowest BCUT2D eigenvalue weighted by Crippen LogP contribution is -2.35. The molecule has 0 aromatic heterocycles. The van der Waals surface area contributed by atoms with Gasteiger partial charge in [-0.05, 0) is 44.0 Å². The second kappa shape index (κ2) is 6.29. The van der Waals surface area contributed by atoms with Gasteiger partial charge in [-0.2, -0.15) is 0 Å². The zero-order valence-corrected chi connectivity index (χ0v) is 12.4. The van der Waals surface area contributed by atoms with Gasteiger partial charge in [0.1, 0.15) is 5.75 Å². The fourth-order valence-electron chi connectivity index (χ4n) is 3.12. The first-order valence-corrected chi connectivity index (χ1v) is 7.22. The second-order valence-corrected chi connectivity index (χ2v) is 5.91. The van der Waals surface area contributed by atoms with Crippen molar-refractivity contribution in [2.24, 2.45) is 5.92 Å². The second-order valence-electron chi connectivity index (χ2n) is 5.91. The van der Waals surface area contributed by atoms with E-state index in [1.54, 1.807) is 7.11 Å². The molecule has 0 heterocycles. The molecular weight excluding hydrogens is 236 g/mol. The highest BCUT2D eigenvalue weighted by molar-refractivity contribution is 5.47. The summed E-state index contributed by atoms with van der Waals surface area (Å²) >= 11 is 0. The summed E-state index contributed by atoms with van der Waals surface area (Å²) in [4.78, 5) is 2.45. The van der Waals surface area contributed by atoms with Gasteiger partial charge in [0.15, 0.2) is 0 Å². The molecule has 0 saturated heterocycles. The number of hydrogen-bond acceptors (Lipinski definition) is 3. The number of nitrogen functional groups attached to an aromatic ring is 1. The van der Waals surface area contributed by atoms with E-state index in [9.17, 15) is 0 Å². The standard InChI is InChI=1S/C16H26N2O/c1-12-5-4-6-15(9-12)18(2)11-13-10-14(17)7-8-16(13)19-3/h7-8,10,12,15H,4-6,9,11,17H2,1-3H3. The van der Waals surface area contributed by atoms with Crippen molar-refractivity contribution in [1.29, 1.82) is 0 Å². The van der Waals surface area contributed by atoms with Crippen molar-refractivity contribution in [2.75, 3.05) is 19.9 Å². The third-order valence-electron chi connectivity index (χ3n) is 4.26. The van der Waals surface area contributed by atoms with Crippen LogP contribution in [-0.4, -0.2) is 25.1 Å². The predicted octanol–water partition coefficient (Wildman–Crippen LogP) is 3.29. The van der Waals surface area contributed by atoms with Crippen LogP contribution in [-0.2, 0) is 6.54 Å². The number of rotatable bonds is 4. The molecule has 1 saturated carbocycles. The first-order chi connectivity index (χ1) is 9.10. The molecule has 1 aromatic rings. The Labute approximate surface area is 116 Å². The lowest BCUT2D eigenvalue weighted by atomic mass is 9.86. The maximum absolute atomic E-state index is 5.88. The van der Waals surface area contributed by atoms with Gasteiger partial charge in [-0.25, -0.2) is 0 Å². The zero-order valence-electron chi connectivity index (χ0n) is 12.4. The van der Waals surface area contributed by atoms with Gasteiger partial charge in [-0.3, -0.25) is 4.90 Å². The average molecular weight is 262 g/mol. The molecule has 2 N–H and O–H groups in total. The quantitative estimate of drug-likeness (QED) is 0.846. The van der Waals surface area contributed by atoms with E-state index in [1.165, 1.54) is 31.2 Å². The van der Waals surface area contributed by atoms with Gasteiger partial charge in [0.25, 0.3) is 0 Å². The molecule has 1 aliphatic carbocycles. The van der Waals surface area contributed by atoms with Gasteiger partial charge in [0, 0.05) is 23.8 Å². The normalized spacial score (nSPS) is 23.6. The van der Waals surface area contributed by atoms with Gasteiger partial charge in [-0.1, -0.05) is 19.8 Å². The third-order valence-corrected chi connectivity index (χ3v) is 4.26. The lowest BCUT2D eigenvalue weighted by molar-refractivity contribution is 0.156. The van der Waals surface area contributed by atoms with Gasteiger partial charge < -0.3 is 10.5 Å². The summed E-state index contributed by atoms with van der Waals surface area (Å²) in [5.41, 5.74) is 7.87. The minimum absolute atomic E-state index is 0.690. The largest absolute Gasteiger partial charge is 0.496 e. The predicted molar refractivity (Wildman–Crippen MR) is 80.3 cm³/mol.